The SMILES string of the molecule is C=CCCCCCCCCCOc1cc(/C=C/c2ccc(N(c3ccc(C)cc3)c3ccc(C)cc3)cc2)c(OCCCCCC)cc1/C=C/c1ccc(N(c2ccc(C)cc2)c2ccc(C)cc2)cc1. The summed E-state index contributed by atoms with van der Waals surface area (Å²) >= 11 is 0. The zero-order chi connectivity index (χ0) is 49.6. The fourth-order valence-electron chi connectivity index (χ4n) is 8.78. The van der Waals surface area contributed by atoms with Gasteiger partial charge in [-0.2, -0.15) is 0 Å². The molecule has 0 radical (unpaired) electrons. The fourth-order valence-corrected chi connectivity index (χ4v) is 8.78. The Morgan fingerprint density at radius 1 is 0.366 bits per heavy atom. The molecule has 0 saturated heterocycles. The van der Waals surface area contributed by atoms with E-state index in [0.29, 0.717) is 13.2 Å². The Bertz CT molecular complexity index is 2640. The molecule has 0 bridgehead atoms. The lowest BCUT2D eigenvalue weighted by atomic mass is 10.0. The van der Waals surface area contributed by atoms with E-state index in [1.807, 2.05) is 6.08 Å². The van der Waals surface area contributed by atoms with Crippen LogP contribution in [0.4, 0.5) is 34.1 Å². The van der Waals surface area contributed by atoms with Crippen molar-refractivity contribution in [2.75, 3.05) is 23.0 Å². The third kappa shape index (κ3) is 15.7. The lowest BCUT2D eigenvalue weighted by Crippen LogP contribution is -2.09. The molecule has 4 heteroatoms. The monoisotopic (exact) mass is 941 g/mol. The molecule has 0 aliphatic rings. The van der Waals surface area contributed by atoms with Gasteiger partial charge in [0.05, 0.1) is 13.2 Å². The van der Waals surface area contributed by atoms with Crippen molar-refractivity contribution in [3.05, 3.63) is 215 Å². The summed E-state index contributed by atoms with van der Waals surface area (Å²) in [5.41, 5.74) is 15.9. The summed E-state index contributed by atoms with van der Waals surface area (Å²) in [5.74, 6) is 1.73. The van der Waals surface area contributed by atoms with Crippen molar-refractivity contribution < 1.29 is 9.47 Å². The first-order valence-corrected chi connectivity index (χ1v) is 26.3. The standard InChI is InChI=1S/C67H76N2O2/c1-7-9-11-13-14-15-16-17-19-49-71-67-51-58(34-28-56-30-44-64(45-31-56)68(60-36-20-52(3)21-37-60)61-38-22-53(4)23-39-61)66(70-48-18-12-10-8-2)50-59(67)35-29-57-32-46-65(47-33-57)69(62-40-24-54(5)25-41-62)63-42-26-55(6)27-43-63/h7,20-47,50-51H,1,8-19,48-49H2,2-6H3/b34-28+,35-29+. The van der Waals surface area contributed by atoms with Gasteiger partial charge in [0.25, 0.3) is 0 Å². The van der Waals surface area contributed by atoms with Crippen LogP contribution in [0, 0.1) is 27.7 Å². The molecule has 0 aromatic heterocycles. The molecule has 0 amide bonds. The van der Waals surface area contributed by atoms with Crippen molar-refractivity contribution >= 4 is 58.4 Å². The van der Waals surface area contributed by atoms with E-state index in [1.165, 1.54) is 67.2 Å². The summed E-state index contributed by atoms with van der Waals surface area (Å²) in [7, 11) is 0. The molecule has 4 nitrogen and oxygen atoms in total. The Morgan fingerprint density at radius 2 is 0.662 bits per heavy atom. The lowest BCUT2D eigenvalue weighted by molar-refractivity contribution is 0.295. The smallest absolute Gasteiger partial charge is 0.127 e. The zero-order valence-electron chi connectivity index (χ0n) is 43.2. The Hall–Kier alpha value is -7.04. The first kappa shape index (κ1) is 51.8. The molecule has 0 atom stereocenters. The summed E-state index contributed by atoms with van der Waals surface area (Å²) in [6.07, 6.45) is 25.0. The molecule has 0 unspecified atom stereocenters. The molecule has 0 aliphatic heterocycles. The first-order valence-electron chi connectivity index (χ1n) is 26.3. The number of anilines is 6. The third-order valence-corrected chi connectivity index (χ3v) is 13.1. The predicted molar refractivity (Wildman–Crippen MR) is 308 cm³/mol. The van der Waals surface area contributed by atoms with Crippen LogP contribution in [-0.4, -0.2) is 13.2 Å². The molecular weight excluding hydrogens is 865 g/mol. The second-order valence-corrected chi connectivity index (χ2v) is 19.1. The van der Waals surface area contributed by atoms with E-state index in [2.05, 4.69) is 233 Å². The number of ether oxygens (including phenoxy) is 2. The Morgan fingerprint density at radius 3 is 0.986 bits per heavy atom. The molecule has 0 saturated carbocycles. The summed E-state index contributed by atoms with van der Waals surface area (Å²) in [5, 5.41) is 0. The molecule has 0 heterocycles. The average molecular weight is 941 g/mol. The maximum absolute atomic E-state index is 6.73. The highest BCUT2D eigenvalue weighted by Gasteiger charge is 2.15. The molecule has 0 aliphatic carbocycles. The Labute approximate surface area is 427 Å². The van der Waals surface area contributed by atoms with Gasteiger partial charge in [0, 0.05) is 45.3 Å². The number of nitrogens with zero attached hydrogens (tertiary/aromatic N) is 2. The second-order valence-electron chi connectivity index (χ2n) is 19.1. The molecule has 7 rings (SSSR count). The minimum absolute atomic E-state index is 0.667. The van der Waals surface area contributed by atoms with Gasteiger partial charge in [0.2, 0.25) is 0 Å². The average Bonchev–Trinajstić information content (AvgIpc) is 3.39. The van der Waals surface area contributed by atoms with Crippen molar-refractivity contribution in [1.82, 2.24) is 0 Å². The number of benzene rings is 7. The van der Waals surface area contributed by atoms with Crippen LogP contribution in [0.15, 0.2) is 170 Å². The van der Waals surface area contributed by atoms with Crippen LogP contribution in [0.1, 0.15) is 128 Å². The zero-order valence-corrected chi connectivity index (χ0v) is 43.2. The van der Waals surface area contributed by atoms with E-state index in [-0.39, 0.29) is 0 Å². The molecule has 7 aromatic carbocycles. The minimum Gasteiger partial charge on any atom is -0.493 e. The van der Waals surface area contributed by atoms with Gasteiger partial charge >= 0.3 is 0 Å². The lowest BCUT2D eigenvalue weighted by Gasteiger charge is -2.26. The van der Waals surface area contributed by atoms with E-state index in [4.69, 9.17) is 9.47 Å². The quantitative estimate of drug-likeness (QED) is 0.0291. The molecular formula is C67H76N2O2. The van der Waals surface area contributed by atoms with E-state index in [0.717, 1.165) is 100.0 Å². The van der Waals surface area contributed by atoms with Gasteiger partial charge in [-0.15, -0.1) is 6.58 Å². The largest absolute Gasteiger partial charge is 0.493 e. The second kappa shape index (κ2) is 27.4. The predicted octanol–water partition coefficient (Wildman–Crippen LogP) is 19.8. The highest BCUT2D eigenvalue weighted by atomic mass is 16.5. The van der Waals surface area contributed by atoms with Crippen LogP contribution in [0.3, 0.4) is 0 Å². The summed E-state index contributed by atoms with van der Waals surface area (Å²) < 4.78 is 13.4. The van der Waals surface area contributed by atoms with Crippen LogP contribution in [-0.2, 0) is 0 Å². The van der Waals surface area contributed by atoms with Gasteiger partial charge in [-0.25, -0.2) is 0 Å². The number of aryl methyl sites for hydroxylation is 4. The van der Waals surface area contributed by atoms with Crippen molar-refractivity contribution in [2.24, 2.45) is 0 Å². The van der Waals surface area contributed by atoms with Crippen LogP contribution in [0.25, 0.3) is 24.3 Å². The topological polar surface area (TPSA) is 24.9 Å². The van der Waals surface area contributed by atoms with Gasteiger partial charge in [-0.3, -0.25) is 0 Å². The van der Waals surface area contributed by atoms with Gasteiger partial charge < -0.3 is 19.3 Å². The summed E-state index contributed by atoms with van der Waals surface area (Å²) in [6, 6.07) is 57.0. The third-order valence-electron chi connectivity index (χ3n) is 13.1. The number of unbranched alkanes of at least 4 members (excludes halogenated alkanes) is 10. The van der Waals surface area contributed by atoms with Gasteiger partial charge in [-0.05, 0) is 149 Å². The highest BCUT2D eigenvalue weighted by Crippen LogP contribution is 2.38. The normalized spacial score (nSPS) is 11.3. The van der Waals surface area contributed by atoms with E-state index in [9.17, 15) is 0 Å². The molecule has 366 valence electrons. The van der Waals surface area contributed by atoms with Crippen LogP contribution in [0.2, 0.25) is 0 Å². The fraction of sp³-hybridized carbons (Fsp3) is 0.284. The highest BCUT2D eigenvalue weighted by molar-refractivity contribution is 5.82. The van der Waals surface area contributed by atoms with Gasteiger partial charge in [0.1, 0.15) is 11.5 Å². The van der Waals surface area contributed by atoms with E-state index in [1.54, 1.807) is 0 Å². The van der Waals surface area contributed by atoms with Crippen LogP contribution >= 0.6 is 0 Å². The minimum atomic E-state index is 0.667. The summed E-state index contributed by atoms with van der Waals surface area (Å²) in [6.45, 7) is 16.0. The van der Waals surface area contributed by atoms with Crippen molar-refractivity contribution in [3.63, 3.8) is 0 Å². The van der Waals surface area contributed by atoms with E-state index >= 15 is 0 Å². The van der Waals surface area contributed by atoms with Gasteiger partial charge in [-0.1, -0.05) is 184 Å². The van der Waals surface area contributed by atoms with Crippen LogP contribution < -0.4 is 19.3 Å². The number of hydrogen-bond donors (Lipinski definition) is 0. The maximum atomic E-state index is 6.73. The number of allylic oxidation sites excluding steroid dienone is 1. The number of rotatable bonds is 27. The van der Waals surface area contributed by atoms with Crippen molar-refractivity contribution in [1.29, 1.82) is 0 Å². The van der Waals surface area contributed by atoms with Crippen molar-refractivity contribution in [3.8, 4) is 11.5 Å². The Kier molecular flexibility index (Phi) is 20.0. The maximum Gasteiger partial charge on any atom is 0.127 e. The van der Waals surface area contributed by atoms with E-state index < -0.39 is 0 Å². The Balaban J connectivity index is 1.16. The first-order chi connectivity index (χ1) is 34.8. The molecule has 7 aromatic rings. The molecule has 0 N–H and O–H groups in total. The molecule has 0 fully saturated rings. The van der Waals surface area contributed by atoms with Crippen LogP contribution in [0.5, 0.6) is 11.5 Å². The number of hydrogen-bond acceptors (Lipinski definition) is 4. The molecule has 71 heavy (non-hydrogen) atoms. The van der Waals surface area contributed by atoms with Gasteiger partial charge in [0.15, 0.2) is 0 Å². The summed E-state index contributed by atoms with van der Waals surface area (Å²) in [4.78, 5) is 4.63. The van der Waals surface area contributed by atoms with Crippen molar-refractivity contribution in [2.45, 2.75) is 112 Å². The molecule has 0 spiro atoms.